The molecular formula is C14H18BrNOS. The van der Waals surface area contributed by atoms with Gasteiger partial charge >= 0.3 is 0 Å². The molecule has 1 aromatic heterocycles. The predicted octanol–water partition coefficient (Wildman–Crippen LogP) is 3.91. The summed E-state index contributed by atoms with van der Waals surface area (Å²) >= 11 is 5.20. The van der Waals surface area contributed by atoms with Crippen LogP contribution in [0.25, 0.3) is 0 Å². The molecule has 2 aliphatic carbocycles. The Labute approximate surface area is 120 Å². The van der Waals surface area contributed by atoms with Gasteiger partial charge in [0.05, 0.1) is 10.3 Å². The van der Waals surface area contributed by atoms with E-state index in [4.69, 9.17) is 0 Å². The number of thiophene rings is 1. The average Bonchev–Trinajstić information content (AvgIpc) is 2.78. The summed E-state index contributed by atoms with van der Waals surface area (Å²) in [7, 11) is 0. The van der Waals surface area contributed by atoms with E-state index in [1.165, 1.54) is 11.3 Å². The maximum atomic E-state index is 12.5. The van der Waals surface area contributed by atoms with Gasteiger partial charge in [-0.05, 0) is 66.1 Å². The lowest BCUT2D eigenvalue weighted by Crippen LogP contribution is -2.34. The highest BCUT2D eigenvalue weighted by molar-refractivity contribution is 9.11. The Balaban J connectivity index is 1.62. The molecule has 2 unspecified atom stereocenters. The molecule has 1 heterocycles. The zero-order valence-corrected chi connectivity index (χ0v) is 13.0. The minimum Gasteiger partial charge on any atom is -0.338 e. The number of fused-ring (bicyclic) bond motifs is 1. The summed E-state index contributed by atoms with van der Waals surface area (Å²) in [5, 5.41) is 0. The van der Waals surface area contributed by atoms with E-state index in [1.54, 1.807) is 11.3 Å². The minimum absolute atomic E-state index is 0.317. The van der Waals surface area contributed by atoms with Crippen molar-refractivity contribution in [3.8, 4) is 0 Å². The maximum Gasteiger partial charge on any atom is 0.226 e. The van der Waals surface area contributed by atoms with Gasteiger partial charge in [0.25, 0.3) is 0 Å². The Hall–Kier alpha value is -0.350. The summed E-state index contributed by atoms with van der Waals surface area (Å²) < 4.78 is 1.14. The standard InChI is InChI=1S/C14H18BrNOS/c1-2-16(8-12-3-4-13(15)18-12)14(17)11-6-9-5-10(9)7-11/h3-4,9-11H,2,5-8H2,1H3. The van der Waals surface area contributed by atoms with Crippen LogP contribution < -0.4 is 0 Å². The Morgan fingerprint density at radius 1 is 1.39 bits per heavy atom. The van der Waals surface area contributed by atoms with Gasteiger partial charge in [0, 0.05) is 17.3 Å². The van der Waals surface area contributed by atoms with Gasteiger partial charge in [0.1, 0.15) is 0 Å². The van der Waals surface area contributed by atoms with Crippen LogP contribution >= 0.6 is 27.3 Å². The zero-order valence-electron chi connectivity index (χ0n) is 10.6. The number of hydrogen-bond acceptors (Lipinski definition) is 2. The van der Waals surface area contributed by atoms with Crippen molar-refractivity contribution >= 4 is 33.2 Å². The van der Waals surface area contributed by atoms with Crippen LogP contribution in [0.15, 0.2) is 15.9 Å². The molecule has 0 aliphatic heterocycles. The molecule has 0 spiro atoms. The number of amides is 1. The van der Waals surface area contributed by atoms with Crippen LogP contribution in [0.4, 0.5) is 0 Å². The van der Waals surface area contributed by atoms with Gasteiger partial charge < -0.3 is 4.90 Å². The van der Waals surface area contributed by atoms with Crippen LogP contribution in [0.5, 0.6) is 0 Å². The van der Waals surface area contributed by atoms with Gasteiger partial charge in [-0.25, -0.2) is 0 Å². The van der Waals surface area contributed by atoms with E-state index in [1.807, 2.05) is 4.90 Å². The monoisotopic (exact) mass is 327 g/mol. The molecule has 0 radical (unpaired) electrons. The summed E-state index contributed by atoms with van der Waals surface area (Å²) in [6, 6.07) is 4.17. The first-order valence-corrected chi connectivity index (χ1v) is 8.31. The van der Waals surface area contributed by atoms with Gasteiger partial charge in [-0.1, -0.05) is 0 Å². The molecule has 3 rings (SSSR count). The van der Waals surface area contributed by atoms with E-state index in [0.717, 1.165) is 41.6 Å². The van der Waals surface area contributed by atoms with Crippen LogP contribution in [0.3, 0.4) is 0 Å². The van der Waals surface area contributed by atoms with Gasteiger partial charge in [0.2, 0.25) is 5.91 Å². The van der Waals surface area contributed by atoms with Crippen molar-refractivity contribution in [3.63, 3.8) is 0 Å². The van der Waals surface area contributed by atoms with Gasteiger partial charge in [-0.15, -0.1) is 11.3 Å². The third-order valence-corrected chi connectivity index (χ3v) is 5.87. The number of hydrogen-bond donors (Lipinski definition) is 0. The number of carbonyl (C=O) groups excluding carboxylic acids is 1. The Kier molecular flexibility index (Phi) is 3.50. The smallest absolute Gasteiger partial charge is 0.226 e. The normalized spacial score (nSPS) is 29.1. The fourth-order valence-corrected chi connectivity index (χ4v) is 4.64. The molecule has 0 saturated heterocycles. The van der Waals surface area contributed by atoms with Crippen molar-refractivity contribution in [3.05, 3.63) is 20.8 Å². The lowest BCUT2D eigenvalue weighted by molar-refractivity contribution is -0.136. The molecule has 98 valence electrons. The second kappa shape index (κ2) is 4.97. The van der Waals surface area contributed by atoms with Crippen molar-refractivity contribution in [1.29, 1.82) is 0 Å². The van der Waals surface area contributed by atoms with Crippen molar-refractivity contribution in [1.82, 2.24) is 4.90 Å². The molecule has 2 fully saturated rings. The number of halogens is 1. The van der Waals surface area contributed by atoms with Crippen molar-refractivity contribution in [2.45, 2.75) is 32.7 Å². The Morgan fingerprint density at radius 2 is 2.11 bits per heavy atom. The van der Waals surface area contributed by atoms with Crippen molar-refractivity contribution in [2.24, 2.45) is 17.8 Å². The van der Waals surface area contributed by atoms with Crippen molar-refractivity contribution in [2.75, 3.05) is 6.54 Å². The molecule has 1 amide bonds. The third-order valence-electron chi connectivity index (χ3n) is 4.26. The lowest BCUT2D eigenvalue weighted by atomic mass is 10.0. The van der Waals surface area contributed by atoms with E-state index in [9.17, 15) is 4.79 Å². The highest BCUT2D eigenvalue weighted by atomic mass is 79.9. The highest BCUT2D eigenvalue weighted by Crippen LogP contribution is 2.54. The quantitative estimate of drug-likeness (QED) is 0.821. The van der Waals surface area contributed by atoms with E-state index < -0.39 is 0 Å². The molecule has 2 saturated carbocycles. The Morgan fingerprint density at radius 3 is 2.67 bits per heavy atom. The van der Waals surface area contributed by atoms with Crippen molar-refractivity contribution < 1.29 is 4.79 Å². The molecule has 0 aromatic carbocycles. The van der Waals surface area contributed by atoms with Crippen LogP contribution in [-0.4, -0.2) is 17.4 Å². The highest BCUT2D eigenvalue weighted by Gasteiger charge is 2.48. The molecule has 2 nitrogen and oxygen atoms in total. The maximum absolute atomic E-state index is 12.5. The zero-order chi connectivity index (χ0) is 12.7. The fraction of sp³-hybridized carbons (Fsp3) is 0.643. The second-order valence-electron chi connectivity index (χ2n) is 5.48. The SMILES string of the molecule is CCN(Cc1ccc(Br)s1)C(=O)C1CC2CC2C1. The molecule has 0 N–H and O–H groups in total. The van der Waals surface area contributed by atoms with Crippen LogP contribution in [-0.2, 0) is 11.3 Å². The first kappa shape index (κ1) is 12.7. The average molecular weight is 328 g/mol. The molecule has 2 aliphatic rings. The molecule has 1 aromatic rings. The largest absolute Gasteiger partial charge is 0.338 e. The summed E-state index contributed by atoms with van der Waals surface area (Å²) in [5.74, 6) is 2.47. The second-order valence-corrected chi connectivity index (χ2v) is 8.03. The van der Waals surface area contributed by atoms with E-state index >= 15 is 0 Å². The molecule has 0 bridgehead atoms. The van der Waals surface area contributed by atoms with Gasteiger partial charge in [0.15, 0.2) is 0 Å². The minimum atomic E-state index is 0.317. The molecule has 2 atom stereocenters. The predicted molar refractivity (Wildman–Crippen MR) is 77.4 cm³/mol. The summed E-state index contributed by atoms with van der Waals surface area (Å²) in [6.45, 7) is 3.67. The molecule has 4 heteroatoms. The fourth-order valence-electron chi connectivity index (χ4n) is 3.15. The number of rotatable bonds is 4. The van der Waals surface area contributed by atoms with Crippen LogP contribution in [0, 0.1) is 17.8 Å². The lowest BCUT2D eigenvalue weighted by Gasteiger charge is -2.24. The van der Waals surface area contributed by atoms with Crippen LogP contribution in [0.2, 0.25) is 0 Å². The van der Waals surface area contributed by atoms with Gasteiger partial charge in [-0.3, -0.25) is 4.79 Å². The first-order valence-electron chi connectivity index (χ1n) is 6.70. The van der Waals surface area contributed by atoms with E-state index in [2.05, 4.69) is 35.0 Å². The first-order chi connectivity index (χ1) is 8.67. The molecule has 18 heavy (non-hydrogen) atoms. The van der Waals surface area contributed by atoms with E-state index in [-0.39, 0.29) is 0 Å². The third kappa shape index (κ3) is 2.50. The Bertz CT molecular complexity index is 448. The topological polar surface area (TPSA) is 20.3 Å². The molecular weight excluding hydrogens is 310 g/mol. The summed E-state index contributed by atoms with van der Waals surface area (Å²) in [4.78, 5) is 15.8. The van der Waals surface area contributed by atoms with Gasteiger partial charge in [-0.2, -0.15) is 0 Å². The summed E-state index contributed by atoms with van der Waals surface area (Å²) in [6.07, 6.45) is 3.68. The van der Waals surface area contributed by atoms with E-state index in [0.29, 0.717) is 11.8 Å². The number of nitrogens with zero attached hydrogens (tertiary/aromatic N) is 1. The van der Waals surface area contributed by atoms with Crippen LogP contribution in [0.1, 0.15) is 31.1 Å². The summed E-state index contributed by atoms with van der Waals surface area (Å²) in [5.41, 5.74) is 0. The number of carbonyl (C=O) groups is 1.